The molecule has 7 atom stereocenters. The summed E-state index contributed by atoms with van der Waals surface area (Å²) in [5.41, 5.74) is 4.65. The zero-order chi connectivity index (χ0) is 28.9. The number of fused-ring (bicyclic) bond motifs is 1. The zero-order valence-electron chi connectivity index (χ0n) is 24.2. The fraction of sp³-hybridized carbons (Fsp3) is 0.862. The predicted molar refractivity (Wildman–Crippen MR) is 147 cm³/mol. The number of nitrogens with zero attached hydrogens (tertiary/aromatic N) is 1. The number of nitrogens with one attached hydrogen (secondary N) is 2. The molecule has 6 N–H and O–H groups in total. The van der Waals surface area contributed by atoms with Gasteiger partial charge in [-0.05, 0) is 55.8 Å². The summed E-state index contributed by atoms with van der Waals surface area (Å²) in [5, 5.41) is 26.8. The van der Waals surface area contributed by atoms with Crippen LogP contribution in [0, 0.1) is 17.3 Å². The molecule has 1 heterocycles. The van der Waals surface area contributed by atoms with Crippen LogP contribution >= 0.6 is 0 Å². The SMILES string of the molecule is CCC[C@H](NC(=O)[C@@H]1CC2CCCCC2N1C(=O)[C@@H](NC(=O)C(O)C1CCCCC1)C(C)(C)C)C(O)C(N)=O. The number of aliphatic hydroxyl groups is 2. The lowest BCUT2D eigenvalue weighted by atomic mass is 9.82. The minimum Gasteiger partial charge on any atom is -0.383 e. The first-order valence-corrected chi connectivity index (χ1v) is 14.9. The summed E-state index contributed by atoms with van der Waals surface area (Å²) in [4.78, 5) is 54.4. The van der Waals surface area contributed by atoms with Gasteiger partial charge in [0.05, 0.1) is 6.04 Å². The van der Waals surface area contributed by atoms with Crippen molar-refractivity contribution in [2.45, 2.75) is 141 Å². The summed E-state index contributed by atoms with van der Waals surface area (Å²) >= 11 is 0. The molecule has 3 fully saturated rings. The summed E-state index contributed by atoms with van der Waals surface area (Å²) < 4.78 is 0. The number of hydrogen-bond donors (Lipinski definition) is 5. The van der Waals surface area contributed by atoms with Gasteiger partial charge in [-0.2, -0.15) is 0 Å². The summed E-state index contributed by atoms with van der Waals surface area (Å²) in [6.07, 6.45) is 7.08. The van der Waals surface area contributed by atoms with Crippen molar-refractivity contribution in [2.75, 3.05) is 0 Å². The molecule has 0 spiro atoms. The number of aliphatic hydroxyl groups excluding tert-OH is 2. The molecule has 0 aromatic rings. The number of amides is 4. The number of likely N-dealkylation sites (tertiary alicyclic amines) is 1. The second-order valence-corrected chi connectivity index (χ2v) is 13.0. The van der Waals surface area contributed by atoms with Crippen LogP contribution in [0.1, 0.15) is 105 Å². The third kappa shape index (κ3) is 7.51. The average molecular weight is 551 g/mol. The van der Waals surface area contributed by atoms with Crippen LogP contribution in [0.25, 0.3) is 0 Å². The number of nitrogens with two attached hydrogens (primary N) is 1. The summed E-state index contributed by atoms with van der Waals surface area (Å²) in [6, 6.07) is -2.68. The van der Waals surface area contributed by atoms with Crippen molar-refractivity contribution in [2.24, 2.45) is 23.0 Å². The number of carbonyl (C=O) groups is 4. The number of rotatable bonds is 10. The molecule has 0 aromatic carbocycles. The van der Waals surface area contributed by atoms with Crippen LogP contribution in [-0.4, -0.2) is 75.1 Å². The molecule has 10 heteroatoms. The second-order valence-electron chi connectivity index (χ2n) is 13.0. The number of carbonyl (C=O) groups excluding carboxylic acids is 4. The second kappa shape index (κ2) is 13.4. The van der Waals surface area contributed by atoms with E-state index in [9.17, 15) is 29.4 Å². The predicted octanol–water partition coefficient (Wildman–Crippen LogP) is 1.75. The maximum atomic E-state index is 14.3. The van der Waals surface area contributed by atoms with Gasteiger partial charge in [-0.25, -0.2) is 0 Å². The van der Waals surface area contributed by atoms with E-state index >= 15 is 0 Å². The van der Waals surface area contributed by atoms with E-state index in [1.807, 2.05) is 27.7 Å². The molecule has 3 rings (SSSR count). The van der Waals surface area contributed by atoms with Crippen LogP contribution in [-0.2, 0) is 19.2 Å². The van der Waals surface area contributed by atoms with Gasteiger partial charge >= 0.3 is 0 Å². The number of primary amides is 1. The molecule has 0 aromatic heterocycles. The van der Waals surface area contributed by atoms with Crippen molar-refractivity contribution in [1.82, 2.24) is 15.5 Å². The van der Waals surface area contributed by atoms with Gasteiger partial charge in [0.1, 0.15) is 18.2 Å². The molecular formula is C29H50N4O6. The molecule has 39 heavy (non-hydrogen) atoms. The molecule has 10 nitrogen and oxygen atoms in total. The normalized spacial score (nSPS) is 27.1. The first kappa shape index (κ1) is 31.3. The minimum absolute atomic E-state index is 0.116. The highest BCUT2D eigenvalue weighted by atomic mass is 16.3. The largest absolute Gasteiger partial charge is 0.383 e. The Bertz CT molecular complexity index is 883. The highest BCUT2D eigenvalue weighted by molar-refractivity contribution is 5.94. The van der Waals surface area contributed by atoms with E-state index in [2.05, 4.69) is 10.6 Å². The van der Waals surface area contributed by atoms with E-state index in [4.69, 9.17) is 5.73 Å². The first-order chi connectivity index (χ1) is 18.4. The molecule has 1 saturated heterocycles. The summed E-state index contributed by atoms with van der Waals surface area (Å²) in [7, 11) is 0. The van der Waals surface area contributed by atoms with Crippen LogP contribution < -0.4 is 16.4 Å². The minimum atomic E-state index is -1.52. The smallest absolute Gasteiger partial charge is 0.249 e. The molecular weight excluding hydrogens is 500 g/mol. The highest BCUT2D eigenvalue weighted by Crippen LogP contribution is 2.41. The van der Waals surface area contributed by atoms with Crippen LogP contribution in [0.2, 0.25) is 0 Å². The van der Waals surface area contributed by atoms with Gasteiger partial charge in [-0.3, -0.25) is 19.2 Å². The van der Waals surface area contributed by atoms with E-state index < -0.39 is 53.5 Å². The average Bonchev–Trinajstić information content (AvgIpc) is 3.29. The molecule has 0 radical (unpaired) electrons. The maximum Gasteiger partial charge on any atom is 0.249 e. The Labute approximate surface area is 232 Å². The fourth-order valence-corrected chi connectivity index (χ4v) is 6.80. The summed E-state index contributed by atoms with van der Waals surface area (Å²) in [5.74, 6) is -2.15. The lowest BCUT2D eigenvalue weighted by molar-refractivity contribution is -0.148. The molecule has 3 aliphatic rings. The monoisotopic (exact) mass is 550 g/mol. The van der Waals surface area contributed by atoms with E-state index in [-0.39, 0.29) is 23.8 Å². The Hall–Kier alpha value is -2.20. The van der Waals surface area contributed by atoms with Crippen molar-refractivity contribution in [3.8, 4) is 0 Å². The van der Waals surface area contributed by atoms with Crippen LogP contribution in [0.15, 0.2) is 0 Å². The van der Waals surface area contributed by atoms with Crippen molar-refractivity contribution in [3.63, 3.8) is 0 Å². The molecule has 1 aliphatic heterocycles. The molecule has 4 unspecified atom stereocenters. The van der Waals surface area contributed by atoms with Crippen LogP contribution in [0.5, 0.6) is 0 Å². The quantitative estimate of drug-likeness (QED) is 0.278. The Morgan fingerprint density at radius 2 is 1.56 bits per heavy atom. The lowest BCUT2D eigenvalue weighted by Crippen LogP contribution is -2.62. The van der Waals surface area contributed by atoms with Gasteiger partial charge in [-0.1, -0.05) is 66.2 Å². The third-order valence-electron chi connectivity index (χ3n) is 9.01. The van der Waals surface area contributed by atoms with Gasteiger partial charge in [-0.15, -0.1) is 0 Å². The fourth-order valence-electron chi connectivity index (χ4n) is 6.80. The molecule has 222 valence electrons. The van der Waals surface area contributed by atoms with Gasteiger partial charge in [0.2, 0.25) is 23.6 Å². The first-order valence-electron chi connectivity index (χ1n) is 14.9. The van der Waals surface area contributed by atoms with E-state index in [1.165, 1.54) is 0 Å². The molecule has 2 aliphatic carbocycles. The zero-order valence-corrected chi connectivity index (χ0v) is 24.2. The standard InChI is InChI=1S/C29H50N4O6/c1-5-11-19(23(35)25(30)36)31-26(37)21-16-18-14-9-10-15-20(18)33(21)28(39)24(29(2,3)4)32-27(38)22(34)17-12-7-6-8-13-17/h17-24,34-35H,5-16H2,1-4H3,(H2,30,36)(H,31,37)(H,32,38)/t18?,19-,20?,21-,22?,23?,24+/m0/s1. The van der Waals surface area contributed by atoms with Crippen LogP contribution in [0.3, 0.4) is 0 Å². The summed E-state index contributed by atoms with van der Waals surface area (Å²) in [6.45, 7) is 7.48. The van der Waals surface area contributed by atoms with Crippen molar-refractivity contribution < 1.29 is 29.4 Å². The molecule has 4 amide bonds. The van der Waals surface area contributed by atoms with E-state index in [0.717, 1.165) is 57.8 Å². The van der Waals surface area contributed by atoms with Gasteiger partial charge in [0.15, 0.2) is 6.10 Å². The molecule has 0 bridgehead atoms. The van der Waals surface area contributed by atoms with Crippen molar-refractivity contribution in [1.29, 1.82) is 0 Å². The lowest BCUT2D eigenvalue weighted by Gasteiger charge is -2.40. The highest BCUT2D eigenvalue weighted by Gasteiger charge is 2.51. The van der Waals surface area contributed by atoms with Gasteiger partial charge in [0.25, 0.3) is 0 Å². The number of hydrogen-bond acceptors (Lipinski definition) is 6. The van der Waals surface area contributed by atoms with Crippen molar-refractivity contribution in [3.05, 3.63) is 0 Å². The maximum absolute atomic E-state index is 14.3. The van der Waals surface area contributed by atoms with E-state index in [1.54, 1.807) is 4.90 Å². The topological polar surface area (TPSA) is 162 Å². The van der Waals surface area contributed by atoms with Crippen LogP contribution in [0.4, 0.5) is 0 Å². The molecule has 2 saturated carbocycles. The Morgan fingerprint density at radius 1 is 0.949 bits per heavy atom. The van der Waals surface area contributed by atoms with Gasteiger partial charge < -0.3 is 31.5 Å². The van der Waals surface area contributed by atoms with Gasteiger partial charge in [0, 0.05) is 6.04 Å². The Kier molecular flexibility index (Phi) is 10.8. The Balaban J connectivity index is 1.85. The van der Waals surface area contributed by atoms with E-state index in [0.29, 0.717) is 19.3 Å². The Morgan fingerprint density at radius 3 is 2.15 bits per heavy atom. The van der Waals surface area contributed by atoms with Crippen molar-refractivity contribution >= 4 is 23.6 Å². The third-order valence-corrected chi connectivity index (χ3v) is 9.01.